The van der Waals surface area contributed by atoms with Gasteiger partial charge < -0.3 is 19.8 Å². The van der Waals surface area contributed by atoms with E-state index in [9.17, 15) is 23.4 Å². The fourth-order valence-corrected chi connectivity index (χ4v) is 5.18. The minimum Gasteiger partial charge on any atom is -0.508 e. The number of nitrogens with zero attached hydrogens (tertiary/aromatic N) is 2. The summed E-state index contributed by atoms with van der Waals surface area (Å²) in [5, 5.41) is 19.2. The van der Waals surface area contributed by atoms with Crippen molar-refractivity contribution in [1.82, 2.24) is 13.9 Å². The van der Waals surface area contributed by atoms with Crippen molar-refractivity contribution in [3.05, 3.63) is 29.8 Å². The van der Waals surface area contributed by atoms with Gasteiger partial charge >= 0.3 is 6.09 Å². The molecule has 1 aliphatic heterocycles. The van der Waals surface area contributed by atoms with Gasteiger partial charge in [0.05, 0.1) is 18.8 Å². The number of aromatic hydroxyl groups is 1. The highest BCUT2D eigenvalue weighted by Gasteiger charge is 2.40. The highest BCUT2D eigenvalue weighted by atomic mass is 32.2. The number of carboxylic acid groups (broad SMARTS) is 1. The summed E-state index contributed by atoms with van der Waals surface area (Å²) in [7, 11) is -0.794. The minimum absolute atomic E-state index is 0.0147. The van der Waals surface area contributed by atoms with Gasteiger partial charge in [-0.2, -0.15) is 17.4 Å². The molecule has 3 N–H and O–H groups in total. The number of likely N-dealkylation sites (tertiary alicyclic amines) is 1. The number of hydrogen-bond donors (Lipinski definition) is 3. The molecule has 30 heavy (non-hydrogen) atoms. The SMILES string of the molecule is CN(C)S(=O)(=O)N[C@H]1CCN(C(=O)O)[C@H]1COC1CCC(c2cccc(O)c2)CC1. The standard InChI is InChI=1S/C20H31N3O6S/c1-22(2)30(27,28)21-18-10-11-23(20(25)26)19(18)13-29-17-8-6-14(7-9-17)15-4-3-5-16(24)12-15/h3-5,12,14,17-19,21,24H,6-11,13H2,1-2H3,(H,25,26)/t14?,17?,18-,19-/m0/s1. The highest BCUT2D eigenvalue weighted by Crippen LogP contribution is 2.35. The van der Waals surface area contributed by atoms with Crippen LogP contribution in [0, 0.1) is 0 Å². The van der Waals surface area contributed by atoms with Crippen molar-refractivity contribution in [2.24, 2.45) is 0 Å². The molecule has 1 saturated carbocycles. The summed E-state index contributed by atoms with van der Waals surface area (Å²) < 4.78 is 34.1. The molecule has 1 aromatic rings. The molecular formula is C20H31N3O6S. The third kappa shape index (κ3) is 5.42. The molecule has 2 aliphatic rings. The van der Waals surface area contributed by atoms with Gasteiger partial charge in [0.1, 0.15) is 5.75 Å². The molecule has 9 nitrogen and oxygen atoms in total. The van der Waals surface area contributed by atoms with Crippen LogP contribution in [0.4, 0.5) is 4.79 Å². The summed E-state index contributed by atoms with van der Waals surface area (Å²) in [6.45, 7) is 0.433. The average molecular weight is 442 g/mol. The second-order valence-electron chi connectivity index (χ2n) is 8.25. The van der Waals surface area contributed by atoms with Gasteiger partial charge in [-0.25, -0.2) is 4.79 Å². The fraction of sp³-hybridized carbons (Fsp3) is 0.650. The molecule has 0 bridgehead atoms. The van der Waals surface area contributed by atoms with Gasteiger partial charge in [0, 0.05) is 26.7 Å². The zero-order valence-electron chi connectivity index (χ0n) is 17.4. The molecular weight excluding hydrogens is 410 g/mol. The highest BCUT2D eigenvalue weighted by molar-refractivity contribution is 7.87. The largest absolute Gasteiger partial charge is 0.508 e. The number of hydrogen-bond acceptors (Lipinski definition) is 5. The maximum Gasteiger partial charge on any atom is 0.407 e. The zero-order chi connectivity index (χ0) is 21.9. The first kappa shape index (κ1) is 22.8. The Hall–Kier alpha value is -1.88. The van der Waals surface area contributed by atoms with Gasteiger partial charge in [-0.15, -0.1) is 0 Å². The average Bonchev–Trinajstić information content (AvgIpc) is 3.08. The molecule has 0 radical (unpaired) electrons. The van der Waals surface area contributed by atoms with Gasteiger partial charge in [-0.05, 0) is 55.7 Å². The van der Waals surface area contributed by atoms with E-state index in [0.717, 1.165) is 35.6 Å². The second-order valence-corrected chi connectivity index (χ2v) is 10.2. The molecule has 168 valence electrons. The molecule has 0 spiro atoms. The first-order chi connectivity index (χ1) is 14.2. The van der Waals surface area contributed by atoms with E-state index >= 15 is 0 Å². The second kappa shape index (κ2) is 9.51. The molecule has 1 aromatic carbocycles. The van der Waals surface area contributed by atoms with Crippen LogP contribution >= 0.6 is 0 Å². The fourth-order valence-electron chi connectivity index (χ4n) is 4.31. The Labute approximate surface area is 177 Å². The van der Waals surface area contributed by atoms with Crippen molar-refractivity contribution in [3.63, 3.8) is 0 Å². The lowest BCUT2D eigenvalue weighted by Gasteiger charge is -2.32. The van der Waals surface area contributed by atoms with Crippen molar-refractivity contribution in [2.45, 2.75) is 56.2 Å². The molecule has 2 atom stereocenters. The summed E-state index contributed by atoms with van der Waals surface area (Å²) in [4.78, 5) is 12.9. The zero-order valence-corrected chi connectivity index (χ0v) is 18.2. The Bertz CT molecular complexity index is 839. The molecule has 3 rings (SSSR count). The van der Waals surface area contributed by atoms with E-state index in [1.165, 1.54) is 19.0 Å². The van der Waals surface area contributed by atoms with Crippen LogP contribution in [0.25, 0.3) is 0 Å². The number of phenols is 1. The van der Waals surface area contributed by atoms with Crippen LogP contribution in [0.15, 0.2) is 24.3 Å². The Balaban J connectivity index is 1.56. The number of benzene rings is 1. The van der Waals surface area contributed by atoms with Crippen molar-refractivity contribution in [2.75, 3.05) is 27.2 Å². The normalized spacial score (nSPS) is 27.5. The van der Waals surface area contributed by atoms with Crippen molar-refractivity contribution >= 4 is 16.3 Å². The van der Waals surface area contributed by atoms with Crippen molar-refractivity contribution in [1.29, 1.82) is 0 Å². The molecule has 1 heterocycles. The molecule has 0 unspecified atom stereocenters. The number of ether oxygens (including phenoxy) is 1. The van der Waals surface area contributed by atoms with Gasteiger partial charge in [0.25, 0.3) is 10.2 Å². The first-order valence-electron chi connectivity index (χ1n) is 10.3. The van der Waals surface area contributed by atoms with Crippen molar-refractivity contribution < 1.29 is 28.2 Å². The number of nitrogens with one attached hydrogen (secondary N) is 1. The molecule has 2 fully saturated rings. The Kier molecular flexibility index (Phi) is 7.22. The lowest BCUT2D eigenvalue weighted by molar-refractivity contribution is -0.00408. The van der Waals surface area contributed by atoms with Crippen LogP contribution in [0.1, 0.15) is 43.6 Å². The van der Waals surface area contributed by atoms with Crippen LogP contribution in [0.5, 0.6) is 5.75 Å². The van der Waals surface area contributed by atoms with Gasteiger partial charge in [0.2, 0.25) is 0 Å². The van der Waals surface area contributed by atoms with E-state index < -0.39 is 28.4 Å². The van der Waals surface area contributed by atoms with E-state index in [1.807, 2.05) is 12.1 Å². The topological polar surface area (TPSA) is 119 Å². The number of rotatable bonds is 7. The predicted octanol–water partition coefficient (Wildman–Crippen LogP) is 1.95. The smallest absolute Gasteiger partial charge is 0.407 e. The lowest BCUT2D eigenvalue weighted by Crippen LogP contribution is -2.51. The third-order valence-corrected chi connectivity index (χ3v) is 7.65. The van der Waals surface area contributed by atoms with E-state index in [4.69, 9.17) is 4.74 Å². The number of carbonyl (C=O) groups is 1. The van der Waals surface area contributed by atoms with Gasteiger partial charge in [0.15, 0.2) is 0 Å². The minimum atomic E-state index is -3.66. The Morgan fingerprint density at radius 2 is 1.93 bits per heavy atom. The van der Waals surface area contributed by atoms with Crippen LogP contribution in [-0.2, 0) is 14.9 Å². The van der Waals surface area contributed by atoms with Gasteiger partial charge in [-0.3, -0.25) is 0 Å². The van der Waals surface area contributed by atoms with E-state index in [1.54, 1.807) is 12.1 Å². The van der Waals surface area contributed by atoms with Crippen LogP contribution in [0.3, 0.4) is 0 Å². The van der Waals surface area contributed by atoms with E-state index in [2.05, 4.69) is 4.72 Å². The van der Waals surface area contributed by atoms with Crippen LogP contribution in [-0.4, -0.2) is 79.4 Å². The maximum absolute atomic E-state index is 12.2. The Morgan fingerprint density at radius 3 is 2.53 bits per heavy atom. The summed E-state index contributed by atoms with van der Waals surface area (Å²) >= 11 is 0. The van der Waals surface area contributed by atoms with Crippen molar-refractivity contribution in [3.8, 4) is 5.75 Å². The van der Waals surface area contributed by atoms with Crippen LogP contribution < -0.4 is 4.72 Å². The quantitative estimate of drug-likeness (QED) is 0.595. The number of amides is 1. The third-order valence-electron chi connectivity index (χ3n) is 6.09. The first-order valence-corrected chi connectivity index (χ1v) is 11.7. The maximum atomic E-state index is 12.2. The summed E-state index contributed by atoms with van der Waals surface area (Å²) in [5.41, 5.74) is 1.12. The molecule has 1 saturated heterocycles. The summed E-state index contributed by atoms with van der Waals surface area (Å²) in [6, 6.07) is 6.27. The predicted molar refractivity (Wildman–Crippen MR) is 112 cm³/mol. The van der Waals surface area contributed by atoms with E-state index in [0.29, 0.717) is 12.3 Å². The molecule has 10 heteroatoms. The van der Waals surface area contributed by atoms with Gasteiger partial charge in [-0.1, -0.05) is 12.1 Å². The monoisotopic (exact) mass is 441 g/mol. The molecule has 1 aliphatic carbocycles. The lowest BCUT2D eigenvalue weighted by atomic mass is 9.82. The van der Waals surface area contributed by atoms with E-state index in [-0.39, 0.29) is 25.0 Å². The summed E-state index contributed by atoms with van der Waals surface area (Å²) in [6.07, 6.45) is 2.90. The molecule has 0 aromatic heterocycles. The Morgan fingerprint density at radius 1 is 1.23 bits per heavy atom. The number of phenolic OH excluding ortho intramolecular Hbond substituents is 1. The molecule has 1 amide bonds. The van der Waals surface area contributed by atoms with Crippen LogP contribution in [0.2, 0.25) is 0 Å². The summed E-state index contributed by atoms with van der Waals surface area (Å²) in [5.74, 6) is 0.644.